The first-order valence-corrected chi connectivity index (χ1v) is 5.40. The van der Waals surface area contributed by atoms with Crippen LogP contribution < -0.4 is 10.7 Å². The van der Waals surface area contributed by atoms with Crippen LogP contribution in [0.4, 0.5) is 0 Å². The van der Waals surface area contributed by atoms with E-state index in [2.05, 4.69) is 15.8 Å². The van der Waals surface area contributed by atoms with Gasteiger partial charge in [0, 0.05) is 31.8 Å². The third-order valence-electron chi connectivity index (χ3n) is 2.65. The zero-order valence-electron chi connectivity index (χ0n) is 9.56. The van der Waals surface area contributed by atoms with Crippen LogP contribution >= 0.6 is 0 Å². The highest BCUT2D eigenvalue weighted by atomic mass is 16.2. The van der Waals surface area contributed by atoms with Gasteiger partial charge < -0.3 is 9.88 Å². The number of aromatic nitrogens is 1. The molecule has 0 aliphatic carbocycles. The molecule has 0 bridgehead atoms. The van der Waals surface area contributed by atoms with E-state index in [-0.39, 0.29) is 11.8 Å². The van der Waals surface area contributed by atoms with Crippen LogP contribution in [0.5, 0.6) is 0 Å². The zero-order chi connectivity index (χ0) is 12.3. The molecule has 0 spiro atoms. The molecule has 1 aliphatic rings. The monoisotopic (exact) mass is 234 g/mol. The van der Waals surface area contributed by atoms with Gasteiger partial charge in [-0.05, 0) is 12.1 Å². The number of aryl methyl sites for hydroxylation is 1. The SMILES string of the molecule is Cn1cccc1CNC(=O)C1=NNC(=O)CC1. The van der Waals surface area contributed by atoms with Gasteiger partial charge in [0.05, 0.1) is 6.54 Å². The Balaban J connectivity index is 1.90. The van der Waals surface area contributed by atoms with Crippen molar-refractivity contribution in [1.29, 1.82) is 0 Å². The van der Waals surface area contributed by atoms with Crippen LogP contribution in [0.1, 0.15) is 18.5 Å². The quantitative estimate of drug-likeness (QED) is 0.766. The number of nitrogens with zero attached hydrogens (tertiary/aromatic N) is 2. The first kappa shape index (κ1) is 11.4. The van der Waals surface area contributed by atoms with Crippen molar-refractivity contribution in [3.8, 4) is 0 Å². The number of hydrogen-bond acceptors (Lipinski definition) is 3. The molecule has 1 aromatic rings. The minimum absolute atomic E-state index is 0.149. The van der Waals surface area contributed by atoms with Gasteiger partial charge in [-0.1, -0.05) is 0 Å². The van der Waals surface area contributed by atoms with Crippen molar-refractivity contribution in [2.75, 3.05) is 0 Å². The summed E-state index contributed by atoms with van der Waals surface area (Å²) in [7, 11) is 1.92. The maximum Gasteiger partial charge on any atom is 0.267 e. The molecule has 0 aromatic carbocycles. The molecule has 2 amide bonds. The fourth-order valence-electron chi connectivity index (χ4n) is 1.59. The van der Waals surface area contributed by atoms with E-state index in [0.717, 1.165) is 5.69 Å². The number of amides is 2. The number of hydrogen-bond donors (Lipinski definition) is 2. The van der Waals surface area contributed by atoms with Gasteiger partial charge in [0.1, 0.15) is 5.71 Å². The van der Waals surface area contributed by atoms with Crippen molar-refractivity contribution in [3.05, 3.63) is 24.0 Å². The Morgan fingerprint density at radius 1 is 1.59 bits per heavy atom. The van der Waals surface area contributed by atoms with Crippen molar-refractivity contribution in [2.45, 2.75) is 19.4 Å². The Morgan fingerprint density at radius 2 is 2.41 bits per heavy atom. The Labute approximate surface area is 98.7 Å². The normalized spacial score (nSPS) is 15.1. The van der Waals surface area contributed by atoms with Crippen LogP contribution in [0, 0.1) is 0 Å². The molecule has 0 saturated carbocycles. The van der Waals surface area contributed by atoms with Crippen molar-refractivity contribution in [3.63, 3.8) is 0 Å². The van der Waals surface area contributed by atoms with E-state index in [9.17, 15) is 9.59 Å². The third kappa shape index (κ3) is 2.72. The largest absolute Gasteiger partial charge is 0.353 e. The maximum atomic E-state index is 11.7. The Kier molecular flexibility index (Phi) is 3.22. The maximum absolute atomic E-state index is 11.7. The minimum atomic E-state index is -0.230. The summed E-state index contributed by atoms with van der Waals surface area (Å²) in [4.78, 5) is 22.6. The fourth-order valence-corrected chi connectivity index (χ4v) is 1.59. The lowest BCUT2D eigenvalue weighted by atomic mass is 10.1. The molecule has 6 heteroatoms. The van der Waals surface area contributed by atoms with Crippen molar-refractivity contribution in [1.82, 2.24) is 15.3 Å². The topological polar surface area (TPSA) is 75.5 Å². The van der Waals surface area contributed by atoms with Gasteiger partial charge in [0.2, 0.25) is 5.91 Å². The van der Waals surface area contributed by atoms with Gasteiger partial charge in [-0.25, -0.2) is 5.43 Å². The van der Waals surface area contributed by atoms with E-state index < -0.39 is 0 Å². The number of nitrogens with one attached hydrogen (secondary N) is 2. The van der Waals surface area contributed by atoms with E-state index in [0.29, 0.717) is 25.1 Å². The van der Waals surface area contributed by atoms with Crippen LogP contribution in [-0.4, -0.2) is 22.1 Å². The molecule has 6 nitrogen and oxygen atoms in total. The average molecular weight is 234 g/mol. The van der Waals surface area contributed by atoms with Gasteiger partial charge in [0.15, 0.2) is 0 Å². The summed E-state index contributed by atoms with van der Waals surface area (Å²) in [5.41, 5.74) is 3.69. The highest BCUT2D eigenvalue weighted by Gasteiger charge is 2.17. The second-order valence-corrected chi connectivity index (χ2v) is 3.89. The molecule has 2 heterocycles. The molecule has 90 valence electrons. The molecule has 1 aromatic heterocycles. The lowest BCUT2D eigenvalue weighted by molar-refractivity contribution is -0.121. The van der Waals surface area contributed by atoms with E-state index in [1.54, 1.807) is 0 Å². The van der Waals surface area contributed by atoms with Gasteiger partial charge >= 0.3 is 0 Å². The second kappa shape index (κ2) is 4.82. The van der Waals surface area contributed by atoms with Crippen LogP contribution in [0.2, 0.25) is 0 Å². The van der Waals surface area contributed by atoms with Crippen LogP contribution in [0.15, 0.2) is 23.4 Å². The molecule has 2 rings (SSSR count). The fraction of sp³-hybridized carbons (Fsp3) is 0.364. The van der Waals surface area contributed by atoms with Crippen LogP contribution in [-0.2, 0) is 23.2 Å². The second-order valence-electron chi connectivity index (χ2n) is 3.89. The molecule has 0 atom stereocenters. The lowest BCUT2D eigenvalue weighted by Crippen LogP contribution is -2.36. The Bertz CT molecular complexity index is 476. The summed E-state index contributed by atoms with van der Waals surface area (Å²) in [5, 5.41) is 6.50. The standard InChI is InChI=1S/C11H14N4O2/c1-15-6-2-3-8(15)7-12-11(17)9-4-5-10(16)14-13-9/h2-3,6H,4-5,7H2,1H3,(H,12,17)(H,14,16). The van der Waals surface area contributed by atoms with Crippen LogP contribution in [0.25, 0.3) is 0 Å². The number of carbonyl (C=O) groups is 2. The summed E-state index contributed by atoms with van der Waals surface area (Å²) >= 11 is 0. The van der Waals surface area contributed by atoms with E-state index in [1.807, 2.05) is 29.9 Å². The molecule has 2 N–H and O–H groups in total. The van der Waals surface area contributed by atoms with Gasteiger partial charge in [-0.15, -0.1) is 0 Å². The van der Waals surface area contributed by atoms with Crippen molar-refractivity contribution >= 4 is 17.5 Å². The predicted molar refractivity (Wildman–Crippen MR) is 62.1 cm³/mol. The molecule has 17 heavy (non-hydrogen) atoms. The first-order chi connectivity index (χ1) is 8.16. The average Bonchev–Trinajstić information content (AvgIpc) is 2.73. The highest BCUT2D eigenvalue weighted by molar-refractivity contribution is 6.39. The van der Waals surface area contributed by atoms with E-state index >= 15 is 0 Å². The summed E-state index contributed by atoms with van der Waals surface area (Å²) in [6.45, 7) is 0.454. The summed E-state index contributed by atoms with van der Waals surface area (Å²) in [5.74, 6) is -0.379. The number of hydrazone groups is 1. The highest BCUT2D eigenvalue weighted by Crippen LogP contribution is 2.01. The summed E-state index contributed by atoms with van der Waals surface area (Å²) < 4.78 is 1.94. The Morgan fingerprint density at radius 3 is 3.00 bits per heavy atom. The Hall–Kier alpha value is -2.11. The zero-order valence-corrected chi connectivity index (χ0v) is 9.56. The van der Waals surface area contributed by atoms with E-state index in [1.165, 1.54) is 0 Å². The molecule has 0 fully saturated rings. The van der Waals surface area contributed by atoms with Gasteiger partial charge in [0.25, 0.3) is 5.91 Å². The number of rotatable bonds is 3. The summed E-state index contributed by atoms with van der Waals surface area (Å²) in [6, 6.07) is 3.85. The molecule has 0 saturated heterocycles. The molecular formula is C11H14N4O2. The van der Waals surface area contributed by atoms with Crippen molar-refractivity contribution in [2.24, 2.45) is 12.1 Å². The molecule has 0 radical (unpaired) electrons. The lowest BCUT2D eigenvalue weighted by Gasteiger charge is -2.12. The van der Waals surface area contributed by atoms with Crippen LogP contribution in [0.3, 0.4) is 0 Å². The smallest absolute Gasteiger partial charge is 0.267 e. The third-order valence-corrected chi connectivity index (χ3v) is 2.65. The predicted octanol–water partition coefficient (Wildman–Crippen LogP) is -0.0927. The van der Waals surface area contributed by atoms with Crippen molar-refractivity contribution < 1.29 is 9.59 Å². The molecule has 1 aliphatic heterocycles. The van der Waals surface area contributed by atoms with Gasteiger partial charge in [-0.3, -0.25) is 9.59 Å². The van der Waals surface area contributed by atoms with Gasteiger partial charge in [-0.2, -0.15) is 5.10 Å². The molecule has 0 unspecified atom stereocenters. The number of carbonyl (C=O) groups excluding carboxylic acids is 2. The summed E-state index contributed by atoms with van der Waals surface area (Å²) in [6.07, 6.45) is 2.63. The first-order valence-electron chi connectivity index (χ1n) is 5.40. The van der Waals surface area contributed by atoms with E-state index in [4.69, 9.17) is 0 Å². The minimum Gasteiger partial charge on any atom is -0.353 e. The molecular weight excluding hydrogens is 220 g/mol.